The molecule has 0 amide bonds. The van der Waals surface area contributed by atoms with E-state index in [4.69, 9.17) is 5.73 Å². The number of hydrogen-bond acceptors (Lipinski definition) is 1. The minimum atomic E-state index is 0.232. The fraction of sp³-hybridized carbons (Fsp3) is 0.294. The van der Waals surface area contributed by atoms with Gasteiger partial charge < -0.3 is 5.73 Å². The quantitative estimate of drug-likeness (QED) is 0.871. The third-order valence-electron chi connectivity index (χ3n) is 4.01. The smallest absolute Gasteiger partial charge is 0.0149 e. The van der Waals surface area contributed by atoms with E-state index in [9.17, 15) is 0 Å². The highest BCUT2D eigenvalue weighted by atomic mass is 14.7. The second-order valence-corrected chi connectivity index (χ2v) is 5.20. The van der Waals surface area contributed by atoms with Gasteiger partial charge in [0.25, 0.3) is 0 Å². The van der Waals surface area contributed by atoms with Crippen LogP contribution in [0.25, 0.3) is 0 Å². The number of benzene rings is 2. The summed E-state index contributed by atoms with van der Waals surface area (Å²) in [6.07, 6.45) is 3.36. The Kier molecular flexibility index (Phi) is 3.16. The van der Waals surface area contributed by atoms with Crippen molar-refractivity contribution in [3.05, 3.63) is 71.3 Å². The normalized spacial score (nSPS) is 19.5. The molecule has 18 heavy (non-hydrogen) atoms. The fourth-order valence-corrected chi connectivity index (χ4v) is 3.06. The summed E-state index contributed by atoms with van der Waals surface area (Å²) in [7, 11) is 0. The Morgan fingerprint density at radius 1 is 1.00 bits per heavy atom. The molecule has 0 saturated heterocycles. The topological polar surface area (TPSA) is 26.0 Å². The SMILES string of the molecule is NC(Cc1ccccc1)C1CCc2ccccc21. The van der Waals surface area contributed by atoms with Crippen molar-refractivity contribution in [2.24, 2.45) is 5.73 Å². The number of nitrogens with two attached hydrogens (primary N) is 1. The van der Waals surface area contributed by atoms with Crippen LogP contribution in [0, 0.1) is 0 Å². The fourth-order valence-electron chi connectivity index (χ4n) is 3.06. The molecule has 0 aliphatic heterocycles. The van der Waals surface area contributed by atoms with Gasteiger partial charge in [0.2, 0.25) is 0 Å². The molecule has 3 rings (SSSR count). The predicted octanol–water partition coefficient (Wildman–Crippen LogP) is 3.29. The molecule has 0 fully saturated rings. The van der Waals surface area contributed by atoms with Crippen molar-refractivity contribution in [1.29, 1.82) is 0 Å². The van der Waals surface area contributed by atoms with Crippen LogP contribution in [-0.4, -0.2) is 6.04 Å². The van der Waals surface area contributed by atoms with E-state index < -0.39 is 0 Å². The first-order valence-electron chi connectivity index (χ1n) is 6.72. The molecule has 2 N–H and O–H groups in total. The van der Waals surface area contributed by atoms with Gasteiger partial charge in [-0.1, -0.05) is 54.6 Å². The van der Waals surface area contributed by atoms with Crippen molar-refractivity contribution in [2.45, 2.75) is 31.2 Å². The maximum atomic E-state index is 6.43. The molecule has 2 unspecified atom stereocenters. The Labute approximate surface area is 109 Å². The standard InChI is InChI=1S/C17H19N/c18-17(12-13-6-2-1-3-7-13)16-11-10-14-8-4-5-9-15(14)16/h1-9,16-17H,10-12,18H2. The minimum absolute atomic E-state index is 0.232. The van der Waals surface area contributed by atoms with E-state index in [1.54, 1.807) is 0 Å². The highest BCUT2D eigenvalue weighted by molar-refractivity contribution is 5.36. The van der Waals surface area contributed by atoms with E-state index in [1.807, 2.05) is 0 Å². The maximum absolute atomic E-state index is 6.43. The van der Waals surface area contributed by atoms with Gasteiger partial charge in [-0.2, -0.15) is 0 Å². The molecule has 1 aliphatic carbocycles. The second kappa shape index (κ2) is 4.95. The Morgan fingerprint density at radius 3 is 2.56 bits per heavy atom. The molecule has 1 aliphatic rings. The van der Waals surface area contributed by atoms with Crippen molar-refractivity contribution in [3.8, 4) is 0 Å². The van der Waals surface area contributed by atoms with Crippen LogP contribution in [0.1, 0.15) is 29.0 Å². The monoisotopic (exact) mass is 237 g/mol. The molecule has 1 heteroatoms. The third kappa shape index (κ3) is 2.19. The lowest BCUT2D eigenvalue weighted by Crippen LogP contribution is -2.29. The van der Waals surface area contributed by atoms with Gasteiger partial charge in [-0.3, -0.25) is 0 Å². The minimum Gasteiger partial charge on any atom is -0.327 e. The van der Waals surface area contributed by atoms with E-state index in [2.05, 4.69) is 54.6 Å². The van der Waals surface area contributed by atoms with Crippen molar-refractivity contribution in [3.63, 3.8) is 0 Å². The molecule has 0 saturated carbocycles. The van der Waals surface area contributed by atoms with E-state index in [0.717, 1.165) is 6.42 Å². The van der Waals surface area contributed by atoms with Crippen LogP contribution in [0.3, 0.4) is 0 Å². The maximum Gasteiger partial charge on any atom is 0.0149 e. The Hall–Kier alpha value is -1.60. The summed E-state index contributed by atoms with van der Waals surface area (Å²) >= 11 is 0. The molecule has 0 radical (unpaired) electrons. The Bertz CT molecular complexity index is 518. The first kappa shape index (κ1) is 11.5. The van der Waals surface area contributed by atoms with Gasteiger partial charge in [-0.15, -0.1) is 0 Å². The summed E-state index contributed by atoms with van der Waals surface area (Å²) in [5, 5.41) is 0. The van der Waals surface area contributed by atoms with E-state index in [0.29, 0.717) is 5.92 Å². The van der Waals surface area contributed by atoms with Crippen molar-refractivity contribution in [2.75, 3.05) is 0 Å². The van der Waals surface area contributed by atoms with Crippen molar-refractivity contribution >= 4 is 0 Å². The summed E-state index contributed by atoms with van der Waals surface area (Å²) in [6, 6.07) is 19.5. The first-order chi connectivity index (χ1) is 8.84. The van der Waals surface area contributed by atoms with Crippen LogP contribution in [0.5, 0.6) is 0 Å². The number of aryl methyl sites for hydroxylation is 1. The van der Waals surface area contributed by atoms with Crippen LogP contribution in [0.2, 0.25) is 0 Å². The van der Waals surface area contributed by atoms with Gasteiger partial charge >= 0.3 is 0 Å². The van der Waals surface area contributed by atoms with Crippen LogP contribution >= 0.6 is 0 Å². The van der Waals surface area contributed by atoms with Crippen LogP contribution in [0.4, 0.5) is 0 Å². The van der Waals surface area contributed by atoms with Gasteiger partial charge in [0, 0.05) is 6.04 Å². The van der Waals surface area contributed by atoms with Crippen LogP contribution in [0.15, 0.2) is 54.6 Å². The number of fused-ring (bicyclic) bond motifs is 1. The van der Waals surface area contributed by atoms with Gasteiger partial charge in [-0.25, -0.2) is 0 Å². The number of hydrogen-bond donors (Lipinski definition) is 1. The molecule has 0 bridgehead atoms. The molecule has 0 heterocycles. The van der Waals surface area contributed by atoms with Gasteiger partial charge in [-0.05, 0) is 41.9 Å². The lowest BCUT2D eigenvalue weighted by Gasteiger charge is -2.20. The highest BCUT2D eigenvalue weighted by Crippen LogP contribution is 2.35. The average molecular weight is 237 g/mol. The molecule has 2 atom stereocenters. The molecule has 2 aromatic rings. The van der Waals surface area contributed by atoms with Crippen molar-refractivity contribution in [1.82, 2.24) is 0 Å². The third-order valence-corrected chi connectivity index (χ3v) is 4.01. The van der Waals surface area contributed by atoms with Crippen molar-refractivity contribution < 1.29 is 0 Å². The second-order valence-electron chi connectivity index (χ2n) is 5.20. The summed E-state index contributed by atoms with van der Waals surface area (Å²) in [4.78, 5) is 0. The average Bonchev–Trinajstić information content (AvgIpc) is 2.84. The summed E-state index contributed by atoms with van der Waals surface area (Å²) in [5.74, 6) is 0.529. The van der Waals surface area contributed by atoms with Crippen LogP contribution < -0.4 is 5.73 Å². The summed E-state index contributed by atoms with van der Waals surface area (Å²) < 4.78 is 0. The lowest BCUT2D eigenvalue weighted by molar-refractivity contribution is 0.525. The van der Waals surface area contributed by atoms with E-state index in [-0.39, 0.29) is 6.04 Å². The lowest BCUT2D eigenvalue weighted by atomic mass is 9.89. The highest BCUT2D eigenvalue weighted by Gasteiger charge is 2.27. The van der Waals surface area contributed by atoms with Gasteiger partial charge in [0.1, 0.15) is 0 Å². The first-order valence-corrected chi connectivity index (χ1v) is 6.72. The Balaban J connectivity index is 1.77. The zero-order valence-corrected chi connectivity index (χ0v) is 10.5. The molecule has 0 aromatic heterocycles. The largest absolute Gasteiger partial charge is 0.327 e. The molecular weight excluding hydrogens is 218 g/mol. The number of rotatable bonds is 3. The molecule has 92 valence electrons. The molecule has 2 aromatic carbocycles. The van der Waals surface area contributed by atoms with Gasteiger partial charge in [0.05, 0.1) is 0 Å². The molecular formula is C17H19N. The predicted molar refractivity (Wildman–Crippen MR) is 75.6 cm³/mol. The van der Waals surface area contributed by atoms with Crippen LogP contribution in [-0.2, 0) is 12.8 Å². The van der Waals surface area contributed by atoms with E-state index in [1.165, 1.54) is 29.5 Å². The molecule has 1 nitrogen and oxygen atoms in total. The summed E-state index contributed by atoms with van der Waals surface area (Å²) in [6.45, 7) is 0. The zero-order chi connectivity index (χ0) is 12.4. The molecule has 0 spiro atoms. The summed E-state index contributed by atoms with van der Waals surface area (Å²) in [5.41, 5.74) is 10.7. The zero-order valence-electron chi connectivity index (χ0n) is 10.5. The Morgan fingerprint density at radius 2 is 1.72 bits per heavy atom. The van der Waals surface area contributed by atoms with Gasteiger partial charge in [0.15, 0.2) is 0 Å². The van der Waals surface area contributed by atoms with E-state index >= 15 is 0 Å².